The molecule has 2 fully saturated rings. The minimum Gasteiger partial charge on any atom is -0.440 e. The van der Waals surface area contributed by atoms with Crippen LogP contribution in [0.4, 0.5) is 0 Å². The molecule has 0 aliphatic carbocycles. The van der Waals surface area contributed by atoms with Crippen molar-refractivity contribution in [1.29, 1.82) is 0 Å². The lowest BCUT2D eigenvalue weighted by Crippen LogP contribution is -2.46. The van der Waals surface area contributed by atoms with Gasteiger partial charge in [0.1, 0.15) is 0 Å². The molecule has 2 saturated heterocycles. The minimum absolute atomic E-state index is 0.153. The monoisotopic (exact) mass is 268 g/mol. The van der Waals surface area contributed by atoms with Gasteiger partial charge in [-0.2, -0.15) is 0 Å². The lowest BCUT2D eigenvalue weighted by atomic mass is 9.99. The van der Waals surface area contributed by atoms with Crippen LogP contribution < -0.4 is 5.32 Å². The SMILES string of the molecule is O=C(N[C@H]1CCN2CCCC[C@@H]12)c1ccc(Cl)o1. The number of piperidine rings is 1. The largest absolute Gasteiger partial charge is 0.440 e. The molecule has 2 aliphatic heterocycles. The maximum absolute atomic E-state index is 12.0. The molecular formula is C13H17ClN2O2. The molecule has 3 rings (SSSR count). The molecule has 2 atom stereocenters. The Morgan fingerprint density at radius 3 is 3.00 bits per heavy atom. The number of carbonyl (C=O) groups excluding carboxylic acids is 1. The van der Waals surface area contributed by atoms with Crippen molar-refractivity contribution in [3.8, 4) is 0 Å². The van der Waals surface area contributed by atoms with Crippen LogP contribution in [-0.2, 0) is 0 Å². The van der Waals surface area contributed by atoms with Gasteiger partial charge in [0.2, 0.25) is 0 Å². The summed E-state index contributed by atoms with van der Waals surface area (Å²) >= 11 is 5.68. The molecule has 18 heavy (non-hydrogen) atoms. The maximum Gasteiger partial charge on any atom is 0.287 e. The molecule has 1 aromatic heterocycles. The molecule has 2 aliphatic rings. The fraction of sp³-hybridized carbons (Fsp3) is 0.615. The van der Waals surface area contributed by atoms with Gasteiger partial charge in [-0.25, -0.2) is 0 Å². The summed E-state index contributed by atoms with van der Waals surface area (Å²) in [6.07, 6.45) is 4.76. The van der Waals surface area contributed by atoms with Gasteiger partial charge in [0.05, 0.1) is 0 Å². The van der Waals surface area contributed by atoms with E-state index in [9.17, 15) is 4.79 Å². The van der Waals surface area contributed by atoms with Crippen LogP contribution in [0.15, 0.2) is 16.5 Å². The lowest BCUT2D eigenvalue weighted by Gasteiger charge is -2.32. The van der Waals surface area contributed by atoms with E-state index in [2.05, 4.69) is 10.2 Å². The Morgan fingerprint density at radius 2 is 2.22 bits per heavy atom. The highest BCUT2D eigenvalue weighted by Gasteiger charge is 2.36. The number of rotatable bonds is 2. The highest BCUT2D eigenvalue weighted by molar-refractivity contribution is 6.29. The molecule has 5 heteroatoms. The highest BCUT2D eigenvalue weighted by Crippen LogP contribution is 2.27. The number of halogens is 1. The van der Waals surface area contributed by atoms with Crippen molar-refractivity contribution in [2.24, 2.45) is 0 Å². The summed E-state index contributed by atoms with van der Waals surface area (Å²) in [6.45, 7) is 2.26. The number of amides is 1. The van der Waals surface area contributed by atoms with Gasteiger partial charge < -0.3 is 9.73 Å². The molecule has 0 saturated carbocycles. The third kappa shape index (κ3) is 2.27. The maximum atomic E-state index is 12.0. The van der Waals surface area contributed by atoms with Crippen LogP contribution in [-0.4, -0.2) is 36.0 Å². The fourth-order valence-electron chi connectivity index (χ4n) is 3.09. The molecule has 0 unspecified atom stereocenters. The summed E-state index contributed by atoms with van der Waals surface area (Å²) in [7, 11) is 0. The van der Waals surface area contributed by atoms with Crippen LogP contribution in [0.5, 0.6) is 0 Å². The molecule has 0 spiro atoms. The first kappa shape index (κ1) is 12.1. The smallest absolute Gasteiger partial charge is 0.287 e. The predicted molar refractivity (Wildman–Crippen MR) is 68.8 cm³/mol. The minimum atomic E-state index is -0.153. The normalized spacial score (nSPS) is 28.1. The third-order valence-corrected chi connectivity index (χ3v) is 4.17. The summed E-state index contributed by atoms with van der Waals surface area (Å²) in [5.41, 5.74) is 0. The van der Waals surface area contributed by atoms with Gasteiger partial charge in [0.15, 0.2) is 11.0 Å². The number of carbonyl (C=O) groups is 1. The molecule has 0 aromatic carbocycles. The van der Waals surface area contributed by atoms with Crippen LogP contribution in [0.3, 0.4) is 0 Å². The van der Waals surface area contributed by atoms with Crippen molar-refractivity contribution in [2.75, 3.05) is 13.1 Å². The molecule has 1 N–H and O–H groups in total. The number of fused-ring (bicyclic) bond motifs is 1. The van der Waals surface area contributed by atoms with Crippen LogP contribution in [0.2, 0.25) is 5.22 Å². The Kier molecular flexibility index (Phi) is 3.31. The Balaban J connectivity index is 1.64. The predicted octanol–water partition coefficient (Wildman–Crippen LogP) is 2.29. The Labute approximate surface area is 111 Å². The zero-order valence-corrected chi connectivity index (χ0v) is 10.9. The second-order valence-electron chi connectivity index (χ2n) is 5.07. The van der Waals surface area contributed by atoms with Crippen LogP contribution in [0.25, 0.3) is 0 Å². The Morgan fingerprint density at radius 1 is 1.33 bits per heavy atom. The molecule has 4 nitrogen and oxygen atoms in total. The average molecular weight is 269 g/mol. The van der Waals surface area contributed by atoms with E-state index in [-0.39, 0.29) is 17.2 Å². The Bertz CT molecular complexity index is 446. The van der Waals surface area contributed by atoms with Crippen LogP contribution in [0.1, 0.15) is 36.2 Å². The second-order valence-corrected chi connectivity index (χ2v) is 5.44. The van der Waals surface area contributed by atoms with Crippen molar-refractivity contribution >= 4 is 17.5 Å². The topological polar surface area (TPSA) is 45.5 Å². The van der Waals surface area contributed by atoms with Crippen LogP contribution >= 0.6 is 11.6 Å². The van der Waals surface area contributed by atoms with Gasteiger partial charge in [-0.3, -0.25) is 9.69 Å². The van der Waals surface area contributed by atoms with E-state index < -0.39 is 0 Å². The quantitative estimate of drug-likeness (QED) is 0.895. The number of hydrogen-bond acceptors (Lipinski definition) is 3. The summed E-state index contributed by atoms with van der Waals surface area (Å²) in [6, 6.07) is 3.97. The first-order valence-corrected chi connectivity index (χ1v) is 6.92. The van der Waals surface area contributed by atoms with Crippen LogP contribution in [0, 0.1) is 0 Å². The first-order valence-electron chi connectivity index (χ1n) is 6.54. The number of nitrogens with zero attached hydrogens (tertiary/aromatic N) is 1. The third-order valence-electron chi connectivity index (χ3n) is 3.97. The molecule has 1 amide bonds. The van der Waals surface area contributed by atoms with Gasteiger partial charge in [-0.1, -0.05) is 6.42 Å². The second kappa shape index (κ2) is 4.94. The van der Waals surface area contributed by atoms with Crippen molar-refractivity contribution in [3.63, 3.8) is 0 Å². The van der Waals surface area contributed by atoms with E-state index in [1.165, 1.54) is 25.8 Å². The average Bonchev–Trinajstić information content (AvgIpc) is 2.97. The van der Waals surface area contributed by atoms with E-state index in [1.54, 1.807) is 12.1 Å². The Hall–Kier alpha value is -1.00. The van der Waals surface area contributed by atoms with E-state index in [0.717, 1.165) is 13.0 Å². The standard InChI is InChI=1S/C13H17ClN2O2/c14-12-5-4-11(18-12)13(17)15-9-6-8-16-7-2-1-3-10(9)16/h4-5,9-10H,1-3,6-8H2,(H,15,17)/t9-,10-/m0/s1. The van der Waals surface area contributed by atoms with E-state index in [1.807, 2.05) is 0 Å². The molecule has 1 aromatic rings. The van der Waals surface area contributed by atoms with Gasteiger partial charge >= 0.3 is 0 Å². The molecule has 98 valence electrons. The van der Waals surface area contributed by atoms with Crippen molar-refractivity contribution < 1.29 is 9.21 Å². The lowest BCUT2D eigenvalue weighted by molar-refractivity contribution is 0.0887. The molecule has 0 bridgehead atoms. The summed E-state index contributed by atoms with van der Waals surface area (Å²) in [5.74, 6) is 0.147. The highest BCUT2D eigenvalue weighted by atomic mass is 35.5. The summed E-state index contributed by atoms with van der Waals surface area (Å²) < 4.78 is 5.13. The van der Waals surface area contributed by atoms with E-state index >= 15 is 0 Å². The van der Waals surface area contributed by atoms with Gasteiger partial charge in [-0.05, 0) is 49.5 Å². The molecular weight excluding hydrogens is 252 g/mol. The summed E-state index contributed by atoms with van der Waals surface area (Å²) in [4.78, 5) is 14.5. The van der Waals surface area contributed by atoms with E-state index in [4.69, 9.17) is 16.0 Å². The number of nitrogens with one attached hydrogen (secondary N) is 1. The molecule has 3 heterocycles. The number of hydrogen-bond donors (Lipinski definition) is 1. The van der Waals surface area contributed by atoms with Crippen molar-refractivity contribution in [3.05, 3.63) is 23.1 Å². The zero-order valence-electron chi connectivity index (χ0n) is 10.2. The van der Waals surface area contributed by atoms with Gasteiger partial charge in [0.25, 0.3) is 5.91 Å². The number of furan rings is 1. The fourth-order valence-corrected chi connectivity index (χ4v) is 3.24. The zero-order chi connectivity index (χ0) is 12.5. The van der Waals surface area contributed by atoms with Crippen molar-refractivity contribution in [1.82, 2.24) is 10.2 Å². The first-order chi connectivity index (χ1) is 8.74. The van der Waals surface area contributed by atoms with E-state index in [0.29, 0.717) is 11.8 Å². The molecule has 0 radical (unpaired) electrons. The van der Waals surface area contributed by atoms with Crippen molar-refractivity contribution in [2.45, 2.75) is 37.8 Å². The summed E-state index contributed by atoms with van der Waals surface area (Å²) in [5, 5.41) is 3.33. The van der Waals surface area contributed by atoms with Gasteiger partial charge in [-0.15, -0.1) is 0 Å². The van der Waals surface area contributed by atoms with Gasteiger partial charge in [0, 0.05) is 18.6 Å².